The number of rotatable bonds is 2. The Balaban J connectivity index is 2.29. The summed E-state index contributed by atoms with van der Waals surface area (Å²) in [6.07, 6.45) is 4.90. The molecule has 0 bridgehead atoms. The molecule has 0 saturated carbocycles. The van der Waals surface area contributed by atoms with Crippen LogP contribution in [0, 0.1) is 0 Å². The molecule has 0 radical (unpaired) electrons. The summed E-state index contributed by atoms with van der Waals surface area (Å²) in [6.45, 7) is 5.51. The molecule has 0 spiro atoms. The molecule has 2 heterocycles. The molecule has 0 unspecified atom stereocenters. The lowest BCUT2D eigenvalue weighted by Crippen LogP contribution is -2.37. The summed E-state index contributed by atoms with van der Waals surface area (Å²) in [7, 11) is 2.03. The topological polar surface area (TPSA) is 47.1 Å². The first-order valence-corrected chi connectivity index (χ1v) is 5.60. The molecule has 15 heavy (non-hydrogen) atoms. The standard InChI is InChI=1S/C11H20N4/c1-8(2)15-6-4-9(12)10(15)11-13-5-7-14(11)3/h5,7-10H,4,6,12H2,1-3H3/t9-,10-/m0/s1. The Morgan fingerprint density at radius 2 is 2.27 bits per heavy atom. The van der Waals surface area contributed by atoms with Crippen LogP contribution in [0.4, 0.5) is 0 Å². The van der Waals surface area contributed by atoms with E-state index in [4.69, 9.17) is 5.73 Å². The fourth-order valence-corrected chi connectivity index (χ4v) is 2.42. The monoisotopic (exact) mass is 208 g/mol. The summed E-state index contributed by atoms with van der Waals surface area (Å²) in [5, 5.41) is 0. The summed E-state index contributed by atoms with van der Waals surface area (Å²) >= 11 is 0. The van der Waals surface area contributed by atoms with Crippen LogP contribution in [0.15, 0.2) is 12.4 Å². The average molecular weight is 208 g/mol. The van der Waals surface area contributed by atoms with E-state index in [1.165, 1.54) is 0 Å². The lowest BCUT2D eigenvalue weighted by Gasteiger charge is -2.29. The Bertz CT molecular complexity index is 331. The Kier molecular flexibility index (Phi) is 2.80. The second kappa shape index (κ2) is 3.94. The van der Waals surface area contributed by atoms with Gasteiger partial charge in [-0.25, -0.2) is 4.98 Å². The summed E-state index contributed by atoms with van der Waals surface area (Å²) in [5.41, 5.74) is 6.17. The van der Waals surface area contributed by atoms with Crippen molar-refractivity contribution in [3.63, 3.8) is 0 Å². The van der Waals surface area contributed by atoms with E-state index in [9.17, 15) is 0 Å². The van der Waals surface area contributed by atoms with E-state index in [0.29, 0.717) is 6.04 Å². The van der Waals surface area contributed by atoms with Crippen LogP contribution in [0.25, 0.3) is 0 Å². The van der Waals surface area contributed by atoms with E-state index >= 15 is 0 Å². The van der Waals surface area contributed by atoms with Gasteiger partial charge in [0.1, 0.15) is 5.82 Å². The van der Waals surface area contributed by atoms with Crippen molar-refractivity contribution < 1.29 is 0 Å². The third kappa shape index (κ3) is 1.79. The summed E-state index contributed by atoms with van der Waals surface area (Å²) in [4.78, 5) is 6.86. The molecule has 2 N–H and O–H groups in total. The number of likely N-dealkylation sites (tertiary alicyclic amines) is 1. The van der Waals surface area contributed by atoms with Gasteiger partial charge < -0.3 is 10.3 Å². The second-order valence-electron chi connectivity index (χ2n) is 4.63. The van der Waals surface area contributed by atoms with Gasteiger partial charge in [-0.05, 0) is 20.3 Å². The van der Waals surface area contributed by atoms with Gasteiger partial charge in [0.2, 0.25) is 0 Å². The van der Waals surface area contributed by atoms with Gasteiger partial charge in [0.05, 0.1) is 6.04 Å². The van der Waals surface area contributed by atoms with Crippen LogP contribution < -0.4 is 5.73 Å². The highest BCUT2D eigenvalue weighted by Crippen LogP contribution is 2.31. The highest BCUT2D eigenvalue weighted by Gasteiger charge is 2.36. The maximum Gasteiger partial charge on any atom is 0.127 e. The highest BCUT2D eigenvalue weighted by molar-refractivity contribution is 5.07. The lowest BCUT2D eigenvalue weighted by atomic mass is 10.1. The van der Waals surface area contributed by atoms with E-state index in [-0.39, 0.29) is 12.1 Å². The fraction of sp³-hybridized carbons (Fsp3) is 0.727. The van der Waals surface area contributed by atoms with Crippen molar-refractivity contribution in [3.8, 4) is 0 Å². The van der Waals surface area contributed by atoms with Crippen LogP contribution in [0.3, 0.4) is 0 Å². The van der Waals surface area contributed by atoms with Gasteiger partial charge in [0.25, 0.3) is 0 Å². The molecule has 84 valence electrons. The van der Waals surface area contributed by atoms with E-state index in [2.05, 4.69) is 28.3 Å². The Hall–Kier alpha value is -0.870. The molecule has 0 aromatic carbocycles. The quantitative estimate of drug-likeness (QED) is 0.785. The molecule has 2 rings (SSSR count). The average Bonchev–Trinajstić information content (AvgIpc) is 2.71. The predicted octanol–water partition coefficient (Wildman–Crippen LogP) is 0.903. The smallest absolute Gasteiger partial charge is 0.127 e. The third-order valence-electron chi connectivity index (χ3n) is 3.27. The van der Waals surface area contributed by atoms with Gasteiger partial charge in [-0.15, -0.1) is 0 Å². The minimum atomic E-state index is 0.216. The first-order valence-electron chi connectivity index (χ1n) is 5.60. The number of imidazole rings is 1. The Labute approximate surface area is 91.1 Å². The summed E-state index contributed by atoms with van der Waals surface area (Å²) < 4.78 is 2.07. The van der Waals surface area contributed by atoms with Crippen molar-refractivity contribution in [2.45, 2.75) is 38.4 Å². The molecule has 1 fully saturated rings. The molecule has 4 nitrogen and oxygen atoms in total. The molecule has 4 heteroatoms. The lowest BCUT2D eigenvalue weighted by molar-refractivity contribution is 0.188. The number of aryl methyl sites for hydroxylation is 1. The normalized spacial score (nSPS) is 27.8. The van der Waals surface area contributed by atoms with E-state index in [0.717, 1.165) is 18.8 Å². The molecule has 1 aliphatic rings. The molecule has 1 saturated heterocycles. The summed E-state index contributed by atoms with van der Waals surface area (Å²) in [5.74, 6) is 1.09. The SMILES string of the molecule is CC(C)N1CC[C@H](N)[C@H]1c1nccn1C. The number of hydrogen-bond donors (Lipinski definition) is 1. The zero-order valence-electron chi connectivity index (χ0n) is 9.72. The van der Waals surface area contributed by atoms with Crippen molar-refractivity contribution in [1.82, 2.24) is 14.5 Å². The van der Waals surface area contributed by atoms with Crippen molar-refractivity contribution in [1.29, 1.82) is 0 Å². The molecule has 1 aromatic rings. The fourth-order valence-electron chi connectivity index (χ4n) is 2.42. The van der Waals surface area contributed by atoms with Crippen LogP contribution in [-0.4, -0.2) is 33.1 Å². The Morgan fingerprint density at radius 1 is 1.53 bits per heavy atom. The van der Waals surface area contributed by atoms with E-state index in [1.807, 2.05) is 19.4 Å². The molecular weight excluding hydrogens is 188 g/mol. The van der Waals surface area contributed by atoms with Gasteiger partial charge in [0.15, 0.2) is 0 Å². The zero-order valence-corrected chi connectivity index (χ0v) is 9.72. The second-order valence-corrected chi connectivity index (χ2v) is 4.63. The van der Waals surface area contributed by atoms with Gasteiger partial charge in [-0.2, -0.15) is 0 Å². The van der Waals surface area contributed by atoms with Crippen LogP contribution >= 0.6 is 0 Å². The van der Waals surface area contributed by atoms with Crippen LogP contribution in [0.2, 0.25) is 0 Å². The number of nitrogens with two attached hydrogens (primary N) is 1. The minimum absolute atomic E-state index is 0.216. The number of nitrogens with zero attached hydrogens (tertiary/aromatic N) is 3. The Morgan fingerprint density at radius 3 is 2.80 bits per heavy atom. The largest absolute Gasteiger partial charge is 0.337 e. The van der Waals surface area contributed by atoms with Crippen LogP contribution in [0.5, 0.6) is 0 Å². The maximum absolute atomic E-state index is 6.17. The number of aromatic nitrogens is 2. The van der Waals surface area contributed by atoms with Gasteiger partial charge >= 0.3 is 0 Å². The summed E-state index contributed by atoms with van der Waals surface area (Å²) in [6, 6.07) is 1.03. The highest BCUT2D eigenvalue weighted by atomic mass is 15.3. The molecular formula is C11H20N4. The predicted molar refractivity (Wildman–Crippen MR) is 60.4 cm³/mol. The molecule has 1 aliphatic heterocycles. The van der Waals surface area contributed by atoms with Crippen LogP contribution in [-0.2, 0) is 7.05 Å². The molecule has 0 amide bonds. The van der Waals surface area contributed by atoms with Crippen LogP contribution in [0.1, 0.15) is 32.1 Å². The van der Waals surface area contributed by atoms with E-state index < -0.39 is 0 Å². The maximum atomic E-state index is 6.17. The molecule has 1 aromatic heterocycles. The third-order valence-corrected chi connectivity index (χ3v) is 3.27. The van der Waals surface area contributed by atoms with Crippen molar-refractivity contribution in [3.05, 3.63) is 18.2 Å². The van der Waals surface area contributed by atoms with Crippen molar-refractivity contribution >= 4 is 0 Å². The first kappa shape index (κ1) is 10.6. The molecule has 0 aliphatic carbocycles. The molecule has 2 atom stereocenters. The minimum Gasteiger partial charge on any atom is -0.337 e. The van der Waals surface area contributed by atoms with E-state index in [1.54, 1.807) is 0 Å². The van der Waals surface area contributed by atoms with Crippen molar-refractivity contribution in [2.24, 2.45) is 12.8 Å². The van der Waals surface area contributed by atoms with Crippen molar-refractivity contribution in [2.75, 3.05) is 6.54 Å². The van der Waals surface area contributed by atoms with Gasteiger partial charge in [-0.3, -0.25) is 4.90 Å². The zero-order chi connectivity index (χ0) is 11.0. The van der Waals surface area contributed by atoms with Gasteiger partial charge in [-0.1, -0.05) is 0 Å². The van der Waals surface area contributed by atoms with Gasteiger partial charge in [0, 0.05) is 38.1 Å². The first-order chi connectivity index (χ1) is 7.11. The number of hydrogen-bond acceptors (Lipinski definition) is 3.